The predicted molar refractivity (Wildman–Crippen MR) is 82.2 cm³/mol. The molecule has 1 aliphatic heterocycles. The number of H-pyrrole nitrogens is 1. The maximum absolute atomic E-state index is 12.2. The number of carbonyl (C=O) groups is 2. The molecule has 23 heavy (non-hydrogen) atoms. The van der Waals surface area contributed by atoms with Crippen molar-refractivity contribution in [2.24, 2.45) is 0 Å². The standard InChI is InChI=1S/C17H17NO5/c1-10-6-11-7-12(8-15(21-2)16(11)23-10)17(20)22-9-14(19)13-4-3-5-18-13/h3-5,7-8,10,18H,6,9H2,1-2H3/t10-/m0/s1. The maximum Gasteiger partial charge on any atom is 0.338 e. The minimum absolute atomic E-state index is 0.0413. The lowest BCUT2D eigenvalue weighted by atomic mass is 10.1. The predicted octanol–water partition coefficient (Wildman–Crippen LogP) is 2.39. The Morgan fingerprint density at radius 3 is 2.91 bits per heavy atom. The molecule has 1 aromatic heterocycles. The van der Waals surface area contributed by atoms with Crippen molar-refractivity contribution in [3.05, 3.63) is 47.3 Å². The number of aromatic nitrogens is 1. The van der Waals surface area contributed by atoms with Gasteiger partial charge in [-0.2, -0.15) is 0 Å². The summed E-state index contributed by atoms with van der Waals surface area (Å²) < 4.78 is 16.0. The Morgan fingerprint density at radius 1 is 1.39 bits per heavy atom. The van der Waals surface area contributed by atoms with E-state index in [1.807, 2.05) is 6.92 Å². The van der Waals surface area contributed by atoms with E-state index in [1.165, 1.54) is 7.11 Å². The first-order chi connectivity index (χ1) is 11.1. The molecule has 2 aromatic rings. The highest BCUT2D eigenvalue weighted by atomic mass is 16.5. The third-order valence-corrected chi connectivity index (χ3v) is 3.65. The van der Waals surface area contributed by atoms with Crippen molar-refractivity contribution in [1.29, 1.82) is 0 Å². The van der Waals surface area contributed by atoms with E-state index in [4.69, 9.17) is 14.2 Å². The Kier molecular flexibility index (Phi) is 4.06. The van der Waals surface area contributed by atoms with Crippen LogP contribution >= 0.6 is 0 Å². The molecule has 0 amide bonds. The molecule has 1 aliphatic rings. The number of aromatic amines is 1. The molecule has 1 atom stereocenters. The van der Waals surface area contributed by atoms with E-state index >= 15 is 0 Å². The minimum Gasteiger partial charge on any atom is -0.493 e. The van der Waals surface area contributed by atoms with Gasteiger partial charge in [-0.05, 0) is 31.2 Å². The summed E-state index contributed by atoms with van der Waals surface area (Å²) in [5.74, 6) is 0.312. The first kappa shape index (κ1) is 15.1. The highest BCUT2D eigenvalue weighted by molar-refractivity contribution is 5.98. The van der Waals surface area contributed by atoms with E-state index in [2.05, 4.69) is 4.98 Å². The number of fused-ring (bicyclic) bond motifs is 1. The topological polar surface area (TPSA) is 77.6 Å². The largest absolute Gasteiger partial charge is 0.493 e. The van der Waals surface area contributed by atoms with Crippen molar-refractivity contribution in [1.82, 2.24) is 4.98 Å². The number of carbonyl (C=O) groups excluding carboxylic acids is 2. The van der Waals surface area contributed by atoms with Gasteiger partial charge in [-0.15, -0.1) is 0 Å². The summed E-state index contributed by atoms with van der Waals surface area (Å²) in [6.07, 6.45) is 2.38. The lowest BCUT2D eigenvalue weighted by Crippen LogP contribution is -2.14. The number of esters is 1. The van der Waals surface area contributed by atoms with Crippen LogP contribution in [0.4, 0.5) is 0 Å². The number of hydrogen-bond acceptors (Lipinski definition) is 5. The van der Waals surface area contributed by atoms with Gasteiger partial charge < -0.3 is 19.2 Å². The molecule has 0 unspecified atom stereocenters. The van der Waals surface area contributed by atoms with Crippen LogP contribution in [0.15, 0.2) is 30.5 Å². The first-order valence-electron chi connectivity index (χ1n) is 7.29. The number of rotatable bonds is 5. The van der Waals surface area contributed by atoms with Crippen LogP contribution in [-0.2, 0) is 11.2 Å². The van der Waals surface area contributed by atoms with Crippen molar-refractivity contribution >= 4 is 11.8 Å². The molecule has 0 spiro atoms. The number of benzene rings is 1. The van der Waals surface area contributed by atoms with Crippen LogP contribution in [0.5, 0.6) is 11.5 Å². The van der Waals surface area contributed by atoms with Crippen LogP contribution in [0.25, 0.3) is 0 Å². The zero-order chi connectivity index (χ0) is 16.4. The Hall–Kier alpha value is -2.76. The molecule has 0 saturated carbocycles. The second-order valence-corrected chi connectivity index (χ2v) is 5.38. The van der Waals surface area contributed by atoms with Crippen molar-refractivity contribution < 1.29 is 23.8 Å². The fourth-order valence-electron chi connectivity index (χ4n) is 2.56. The van der Waals surface area contributed by atoms with Crippen LogP contribution < -0.4 is 9.47 Å². The monoisotopic (exact) mass is 315 g/mol. The van der Waals surface area contributed by atoms with Gasteiger partial charge in [-0.1, -0.05) is 0 Å². The quantitative estimate of drug-likeness (QED) is 0.677. The molecule has 0 aliphatic carbocycles. The van der Waals surface area contributed by atoms with Gasteiger partial charge in [-0.3, -0.25) is 4.79 Å². The Balaban J connectivity index is 1.73. The van der Waals surface area contributed by atoms with Crippen molar-refractivity contribution in [2.45, 2.75) is 19.4 Å². The first-order valence-corrected chi connectivity index (χ1v) is 7.29. The summed E-state index contributed by atoms with van der Waals surface area (Å²) >= 11 is 0. The maximum atomic E-state index is 12.2. The highest BCUT2D eigenvalue weighted by Crippen LogP contribution is 2.39. The molecule has 6 nitrogen and oxygen atoms in total. The summed E-state index contributed by atoms with van der Waals surface area (Å²) in [7, 11) is 1.52. The molecule has 6 heteroatoms. The normalized spacial score (nSPS) is 15.7. The van der Waals surface area contributed by atoms with E-state index in [0.29, 0.717) is 29.2 Å². The molecule has 1 aromatic carbocycles. The van der Waals surface area contributed by atoms with Crippen molar-refractivity contribution in [3.8, 4) is 11.5 Å². The second kappa shape index (κ2) is 6.16. The molecular formula is C17H17NO5. The molecule has 0 saturated heterocycles. The van der Waals surface area contributed by atoms with Crippen LogP contribution in [0.1, 0.15) is 33.3 Å². The van der Waals surface area contributed by atoms with Gasteiger partial charge in [0.15, 0.2) is 18.1 Å². The third kappa shape index (κ3) is 3.06. The van der Waals surface area contributed by atoms with Gasteiger partial charge in [0.05, 0.1) is 18.4 Å². The summed E-state index contributed by atoms with van der Waals surface area (Å²) in [5.41, 5.74) is 1.66. The van der Waals surface area contributed by atoms with Crippen LogP contribution in [-0.4, -0.2) is 36.6 Å². The van der Waals surface area contributed by atoms with Gasteiger partial charge in [-0.25, -0.2) is 4.79 Å². The van der Waals surface area contributed by atoms with E-state index in [-0.39, 0.29) is 18.5 Å². The SMILES string of the molecule is COc1cc(C(=O)OCC(=O)c2ccc[nH]2)cc2c1O[C@@H](C)C2. The zero-order valence-electron chi connectivity index (χ0n) is 12.9. The summed E-state index contributed by atoms with van der Waals surface area (Å²) in [5, 5.41) is 0. The average Bonchev–Trinajstić information content (AvgIpc) is 3.19. The number of methoxy groups -OCH3 is 1. The lowest BCUT2D eigenvalue weighted by Gasteiger charge is -2.10. The third-order valence-electron chi connectivity index (χ3n) is 3.65. The van der Waals surface area contributed by atoms with Crippen LogP contribution in [0, 0.1) is 0 Å². The van der Waals surface area contributed by atoms with E-state index in [9.17, 15) is 9.59 Å². The lowest BCUT2D eigenvalue weighted by molar-refractivity contribution is 0.0473. The Bertz CT molecular complexity index is 736. The van der Waals surface area contributed by atoms with Gasteiger partial charge in [0.2, 0.25) is 5.78 Å². The van der Waals surface area contributed by atoms with Gasteiger partial charge in [0.25, 0.3) is 0 Å². The molecule has 0 bridgehead atoms. The summed E-state index contributed by atoms with van der Waals surface area (Å²) in [4.78, 5) is 26.8. The van der Waals surface area contributed by atoms with Crippen molar-refractivity contribution in [3.63, 3.8) is 0 Å². The Morgan fingerprint density at radius 2 is 2.22 bits per heavy atom. The minimum atomic E-state index is -0.564. The van der Waals surface area contributed by atoms with Crippen LogP contribution in [0.2, 0.25) is 0 Å². The van der Waals surface area contributed by atoms with Crippen LogP contribution in [0.3, 0.4) is 0 Å². The molecule has 1 N–H and O–H groups in total. The fourth-order valence-corrected chi connectivity index (χ4v) is 2.56. The molecule has 0 radical (unpaired) electrons. The van der Waals surface area contributed by atoms with Gasteiger partial charge in [0, 0.05) is 18.2 Å². The molecule has 2 heterocycles. The average molecular weight is 315 g/mol. The van der Waals surface area contributed by atoms with Crippen molar-refractivity contribution in [2.75, 3.05) is 13.7 Å². The van der Waals surface area contributed by atoms with Gasteiger partial charge >= 0.3 is 5.97 Å². The Labute approximate surface area is 133 Å². The summed E-state index contributed by atoms with van der Waals surface area (Å²) in [6.45, 7) is 1.64. The number of nitrogens with one attached hydrogen (secondary N) is 1. The smallest absolute Gasteiger partial charge is 0.338 e. The molecule has 120 valence electrons. The number of ketones is 1. The molecular weight excluding hydrogens is 298 g/mol. The van der Waals surface area contributed by atoms with E-state index < -0.39 is 5.97 Å². The zero-order valence-corrected chi connectivity index (χ0v) is 12.9. The number of Topliss-reactive ketones (excluding diaryl/α,β-unsaturated/α-hetero) is 1. The molecule has 0 fully saturated rings. The second-order valence-electron chi connectivity index (χ2n) is 5.38. The molecule has 3 rings (SSSR count). The van der Waals surface area contributed by atoms with E-state index in [0.717, 1.165) is 5.56 Å². The number of hydrogen-bond donors (Lipinski definition) is 1. The van der Waals surface area contributed by atoms with E-state index in [1.54, 1.807) is 30.5 Å². The highest BCUT2D eigenvalue weighted by Gasteiger charge is 2.25. The number of ether oxygens (including phenoxy) is 3. The van der Waals surface area contributed by atoms with Gasteiger partial charge in [0.1, 0.15) is 6.10 Å². The summed E-state index contributed by atoms with van der Waals surface area (Å²) in [6, 6.07) is 6.63. The fraction of sp³-hybridized carbons (Fsp3) is 0.294.